The standard InChI is InChI=1S/C15H18Cl2N2O2.ClH/c1-21-14-7-13(17)12(16)6-11(14)15(20)19-9-2-3-10(19)8-18-5-4-9;/h6-7,9-10,18H,2-5,8H2,1H3;1H. The number of fused-ring (bicyclic) bond motifs is 2. The monoisotopic (exact) mass is 364 g/mol. The van der Waals surface area contributed by atoms with E-state index in [1.165, 1.54) is 7.11 Å². The van der Waals surface area contributed by atoms with E-state index in [-0.39, 0.29) is 24.4 Å². The van der Waals surface area contributed by atoms with Crippen LogP contribution in [0, 0.1) is 0 Å². The first-order valence-corrected chi connectivity index (χ1v) is 7.94. The molecule has 1 amide bonds. The van der Waals surface area contributed by atoms with Gasteiger partial charge in [0.25, 0.3) is 5.91 Å². The molecule has 0 aliphatic carbocycles. The summed E-state index contributed by atoms with van der Waals surface area (Å²) < 4.78 is 5.31. The number of carbonyl (C=O) groups excluding carboxylic acids is 1. The van der Waals surface area contributed by atoms with Gasteiger partial charge in [-0.15, -0.1) is 12.4 Å². The molecule has 1 aromatic carbocycles. The normalized spacial score (nSPS) is 23.7. The molecule has 2 heterocycles. The van der Waals surface area contributed by atoms with Gasteiger partial charge in [-0.1, -0.05) is 23.2 Å². The molecule has 0 saturated carbocycles. The Balaban J connectivity index is 0.00000176. The van der Waals surface area contributed by atoms with E-state index in [1.807, 2.05) is 4.90 Å². The second-order valence-electron chi connectivity index (χ2n) is 5.56. The van der Waals surface area contributed by atoms with Crippen LogP contribution >= 0.6 is 35.6 Å². The van der Waals surface area contributed by atoms with Crippen molar-refractivity contribution in [2.24, 2.45) is 0 Å². The zero-order valence-electron chi connectivity index (χ0n) is 12.3. The van der Waals surface area contributed by atoms with Crippen LogP contribution in [0.4, 0.5) is 0 Å². The van der Waals surface area contributed by atoms with Crippen molar-refractivity contribution in [1.29, 1.82) is 0 Å². The molecule has 3 rings (SSSR count). The van der Waals surface area contributed by atoms with Crippen molar-refractivity contribution in [3.8, 4) is 5.75 Å². The number of rotatable bonds is 2. The Morgan fingerprint density at radius 2 is 1.91 bits per heavy atom. The van der Waals surface area contributed by atoms with Crippen LogP contribution in [0.2, 0.25) is 10.0 Å². The lowest BCUT2D eigenvalue weighted by Gasteiger charge is -2.28. The topological polar surface area (TPSA) is 41.6 Å². The van der Waals surface area contributed by atoms with Gasteiger partial charge in [-0.05, 0) is 31.9 Å². The number of carbonyl (C=O) groups is 1. The van der Waals surface area contributed by atoms with Crippen LogP contribution in [0.5, 0.6) is 5.75 Å². The molecule has 0 radical (unpaired) electrons. The first-order valence-electron chi connectivity index (χ1n) is 7.18. The number of benzene rings is 1. The highest BCUT2D eigenvalue weighted by Crippen LogP contribution is 2.35. The fourth-order valence-electron chi connectivity index (χ4n) is 3.32. The molecule has 4 nitrogen and oxygen atoms in total. The van der Waals surface area contributed by atoms with Crippen LogP contribution in [0.3, 0.4) is 0 Å². The van der Waals surface area contributed by atoms with Crippen molar-refractivity contribution in [2.45, 2.75) is 31.3 Å². The van der Waals surface area contributed by atoms with E-state index in [2.05, 4.69) is 5.32 Å². The van der Waals surface area contributed by atoms with E-state index in [0.29, 0.717) is 27.4 Å². The summed E-state index contributed by atoms with van der Waals surface area (Å²) in [5, 5.41) is 4.16. The Bertz CT molecular complexity index is 554. The van der Waals surface area contributed by atoms with Crippen molar-refractivity contribution >= 4 is 41.5 Å². The van der Waals surface area contributed by atoms with Crippen molar-refractivity contribution in [2.75, 3.05) is 20.2 Å². The molecule has 2 unspecified atom stereocenters. The maximum atomic E-state index is 13.0. The van der Waals surface area contributed by atoms with E-state index in [1.54, 1.807) is 12.1 Å². The minimum absolute atomic E-state index is 0. The maximum absolute atomic E-state index is 13.0. The molecule has 2 aliphatic rings. The lowest BCUT2D eigenvalue weighted by atomic mass is 10.1. The van der Waals surface area contributed by atoms with E-state index >= 15 is 0 Å². The van der Waals surface area contributed by atoms with Gasteiger partial charge < -0.3 is 15.0 Å². The Hall–Kier alpha value is -0.680. The van der Waals surface area contributed by atoms with Gasteiger partial charge in [0.1, 0.15) is 5.75 Å². The van der Waals surface area contributed by atoms with Gasteiger partial charge in [-0.2, -0.15) is 0 Å². The SMILES string of the molecule is COc1cc(Cl)c(Cl)cc1C(=O)N1C2CCNCC1CC2.Cl. The van der Waals surface area contributed by atoms with E-state index in [9.17, 15) is 4.79 Å². The molecule has 2 bridgehead atoms. The first-order chi connectivity index (χ1) is 10.1. The zero-order chi connectivity index (χ0) is 15.0. The molecule has 122 valence electrons. The summed E-state index contributed by atoms with van der Waals surface area (Å²) in [5.74, 6) is 0.465. The Morgan fingerprint density at radius 1 is 1.23 bits per heavy atom. The molecule has 2 fully saturated rings. The van der Waals surface area contributed by atoms with Gasteiger partial charge in [0.15, 0.2) is 0 Å². The largest absolute Gasteiger partial charge is 0.496 e. The lowest BCUT2D eigenvalue weighted by Crippen LogP contribution is -2.42. The van der Waals surface area contributed by atoms with Gasteiger partial charge in [-0.3, -0.25) is 4.79 Å². The van der Waals surface area contributed by atoms with E-state index < -0.39 is 0 Å². The fourth-order valence-corrected chi connectivity index (χ4v) is 3.63. The van der Waals surface area contributed by atoms with Gasteiger partial charge in [0.2, 0.25) is 0 Å². The van der Waals surface area contributed by atoms with Crippen LogP contribution in [-0.2, 0) is 0 Å². The third-order valence-corrected chi connectivity index (χ3v) is 5.08. The van der Waals surface area contributed by atoms with Crippen molar-refractivity contribution in [3.63, 3.8) is 0 Å². The molecule has 2 aliphatic heterocycles. The quantitative estimate of drug-likeness (QED) is 0.873. The van der Waals surface area contributed by atoms with Gasteiger partial charge in [0, 0.05) is 24.7 Å². The maximum Gasteiger partial charge on any atom is 0.258 e. The lowest BCUT2D eigenvalue weighted by molar-refractivity contribution is 0.0677. The summed E-state index contributed by atoms with van der Waals surface area (Å²) in [6.45, 7) is 1.81. The Morgan fingerprint density at radius 3 is 2.64 bits per heavy atom. The number of hydrogen-bond donors (Lipinski definition) is 1. The van der Waals surface area contributed by atoms with Gasteiger partial charge in [0.05, 0.1) is 22.7 Å². The molecule has 1 N–H and O–H groups in total. The molecule has 0 aromatic heterocycles. The minimum Gasteiger partial charge on any atom is -0.496 e. The van der Waals surface area contributed by atoms with Gasteiger partial charge >= 0.3 is 0 Å². The number of nitrogens with zero attached hydrogens (tertiary/aromatic N) is 1. The van der Waals surface area contributed by atoms with E-state index in [4.69, 9.17) is 27.9 Å². The summed E-state index contributed by atoms with van der Waals surface area (Å²) in [4.78, 5) is 15.0. The zero-order valence-corrected chi connectivity index (χ0v) is 14.6. The highest BCUT2D eigenvalue weighted by molar-refractivity contribution is 6.42. The Labute approximate surface area is 146 Å². The number of halogens is 3. The molecule has 22 heavy (non-hydrogen) atoms. The average Bonchev–Trinajstić information content (AvgIpc) is 2.73. The summed E-state index contributed by atoms with van der Waals surface area (Å²) in [7, 11) is 1.54. The summed E-state index contributed by atoms with van der Waals surface area (Å²) in [6.07, 6.45) is 3.11. The van der Waals surface area contributed by atoms with Crippen molar-refractivity contribution in [1.82, 2.24) is 10.2 Å². The van der Waals surface area contributed by atoms with Crippen LogP contribution < -0.4 is 10.1 Å². The molecular formula is C15H19Cl3N2O2. The smallest absolute Gasteiger partial charge is 0.258 e. The van der Waals surface area contributed by atoms with E-state index in [0.717, 1.165) is 32.4 Å². The summed E-state index contributed by atoms with van der Waals surface area (Å²) in [5.41, 5.74) is 0.491. The second-order valence-corrected chi connectivity index (χ2v) is 6.37. The summed E-state index contributed by atoms with van der Waals surface area (Å²) in [6, 6.07) is 3.78. The fraction of sp³-hybridized carbons (Fsp3) is 0.533. The van der Waals surface area contributed by atoms with Gasteiger partial charge in [-0.25, -0.2) is 0 Å². The van der Waals surface area contributed by atoms with Crippen LogP contribution in [0.25, 0.3) is 0 Å². The molecule has 1 aromatic rings. The first kappa shape index (κ1) is 17.7. The average molecular weight is 366 g/mol. The highest BCUT2D eigenvalue weighted by Gasteiger charge is 2.39. The van der Waals surface area contributed by atoms with Crippen molar-refractivity contribution < 1.29 is 9.53 Å². The van der Waals surface area contributed by atoms with Crippen LogP contribution in [0.1, 0.15) is 29.6 Å². The van der Waals surface area contributed by atoms with Crippen molar-refractivity contribution in [3.05, 3.63) is 27.7 Å². The second kappa shape index (κ2) is 7.26. The predicted octanol–water partition coefficient (Wildman–Crippen LogP) is 3.39. The molecule has 2 atom stereocenters. The number of hydrogen-bond acceptors (Lipinski definition) is 3. The Kier molecular flexibility index (Phi) is 5.83. The third-order valence-electron chi connectivity index (χ3n) is 4.36. The molecule has 0 spiro atoms. The molecule has 7 heteroatoms. The predicted molar refractivity (Wildman–Crippen MR) is 90.7 cm³/mol. The number of methoxy groups -OCH3 is 1. The molecular weight excluding hydrogens is 347 g/mol. The number of ether oxygens (including phenoxy) is 1. The minimum atomic E-state index is -0.0124. The summed E-state index contributed by atoms with van der Waals surface area (Å²) >= 11 is 12.1. The number of amides is 1. The number of nitrogens with one attached hydrogen (secondary N) is 1. The molecule has 2 saturated heterocycles. The van der Waals surface area contributed by atoms with Crippen LogP contribution in [0.15, 0.2) is 12.1 Å². The highest BCUT2D eigenvalue weighted by atomic mass is 35.5. The van der Waals surface area contributed by atoms with Crippen LogP contribution in [-0.4, -0.2) is 43.1 Å². The third kappa shape index (κ3) is 3.16.